The van der Waals surface area contributed by atoms with Crippen LogP contribution in [0, 0.1) is 22.7 Å². The molecule has 0 aromatic rings. The first-order chi connectivity index (χ1) is 11.9. The summed E-state index contributed by atoms with van der Waals surface area (Å²) in [5.41, 5.74) is 3.37. The molecule has 25 heavy (non-hydrogen) atoms. The zero-order chi connectivity index (χ0) is 17.4. The van der Waals surface area contributed by atoms with Crippen molar-refractivity contribution < 1.29 is 9.59 Å². The van der Waals surface area contributed by atoms with E-state index >= 15 is 0 Å². The summed E-state index contributed by atoms with van der Waals surface area (Å²) in [6, 6.07) is 0. The third-order valence-electron chi connectivity index (χ3n) is 8.86. The van der Waals surface area contributed by atoms with Gasteiger partial charge in [0.25, 0.3) is 0 Å². The second-order valence-electron chi connectivity index (χ2n) is 9.67. The molecule has 0 bridgehead atoms. The van der Waals surface area contributed by atoms with Crippen molar-refractivity contribution in [2.24, 2.45) is 22.7 Å². The first-order valence-electron chi connectivity index (χ1n) is 10.1. The van der Waals surface area contributed by atoms with E-state index in [1.54, 1.807) is 5.57 Å². The molecule has 3 fully saturated rings. The van der Waals surface area contributed by atoms with Crippen LogP contribution in [0.1, 0.15) is 71.6 Å². The van der Waals surface area contributed by atoms with E-state index in [1.807, 2.05) is 6.08 Å². The Labute approximate surface area is 150 Å². The van der Waals surface area contributed by atoms with Gasteiger partial charge in [-0.3, -0.25) is 9.59 Å². The Bertz CT molecular complexity index is 734. The maximum absolute atomic E-state index is 12.0. The van der Waals surface area contributed by atoms with Crippen molar-refractivity contribution in [3.05, 3.63) is 23.3 Å². The SMILES string of the molecule is C[C@]12CCC(=O)C=C1CCC1C2=CC[C@@]2(C)C1CC[C@@]21CCC(=O)N1. The largest absolute Gasteiger partial charge is 0.350 e. The van der Waals surface area contributed by atoms with E-state index in [4.69, 9.17) is 0 Å². The Morgan fingerprint density at radius 3 is 2.64 bits per heavy atom. The second kappa shape index (κ2) is 4.86. The number of carbonyl (C=O) groups is 2. The molecule has 1 aliphatic heterocycles. The van der Waals surface area contributed by atoms with Crippen molar-refractivity contribution in [3.8, 4) is 0 Å². The zero-order valence-electron chi connectivity index (χ0n) is 15.5. The van der Waals surface area contributed by atoms with Gasteiger partial charge >= 0.3 is 0 Å². The van der Waals surface area contributed by atoms with Crippen molar-refractivity contribution in [2.75, 3.05) is 0 Å². The van der Waals surface area contributed by atoms with Crippen LogP contribution in [0.3, 0.4) is 0 Å². The Balaban J connectivity index is 1.55. The van der Waals surface area contributed by atoms with E-state index in [1.165, 1.54) is 18.4 Å². The summed E-state index contributed by atoms with van der Waals surface area (Å²) in [4.78, 5) is 23.9. The first-order valence-corrected chi connectivity index (χ1v) is 10.1. The number of ketones is 1. The highest BCUT2D eigenvalue weighted by molar-refractivity contribution is 5.92. The number of carbonyl (C=O) groups excluding carboxylic acids is 2. The standard InChI is InChI=1S/C22H29NO2/c1-20-9-5-15(24)13-14(20)3-4-16-17(20)6-10-21(2)18(16)7-11-22(21)12-8-19(25)23-22/h6,13,16,18H,3-5,7-12H2,1-2H3,(H,23,25)/t16?,18?,20-,21-,22+/m0/s1. The third-order valence-corrected chi connectivity index (χ3v) is 8.86. The summed E-state index contributed by atoms with van der Waals surface area (Å²) in [5, 5.41) is 3.41. The van der Waals surface area contributed by atoms with Crippen LogP contribution in [0.25, 0.3) is 0 Å². The number of rotatable bonds is 0. The van der Waals surface area contributed by atoms with Crippen molar-refractivity contribution >= 4 is 11.7 Å². The second-order valence-corrected chi connectivity index (χ2v) is 9.67. The van der Waals surface area contributed by atoms with Crippen LogP contribution in [0.5, 0.6) is 0 Å². The monoisotopic (exact) mass is 339 g/mol. The van der Waals surface area contributed by atoms with E-state index in [-0.39, 0.29) is 22.3 Å². The van der Waals surface area contributed by atoms with Crippen molar-refractivity contribution in [1.82, 2.24) is 5.32 Å². The molecule has 1 N–H and O–H groups in total. The van der Waals surface area contributed by atoms with Gasteiger partial charge in [-0.25, -0.2) is 0 Å². The van der Waals surface area contributed by atoms with E-state index in [9.17, 15) is 9.59 Å². The molecule has 3 nitrogen and oxygen atoms in total. The van der Waals surface area contributed by atoms with Crippen molar-refractivity contribution in [2.45, 2.75) is 77.2 Å². The molecule has 2 unspecified atom stereocenters. The molecule has 5 atom stereocenters. The fourth-order valence-electron chi connectivity index (χ4n) is 7.32. The minimum atomic E-state index is 0.0380. The molecular weight excluding hydrogens is 310 g/mol. The molecule has 4 aliphatic carbocycles. The van der Waals surface area contributed by atoms with E-state index in [0.717, 1.165) is 32.1 Å². The van der Waals surface area contributed by atoms with Gasteiger partial charge in [0.15, 0.2) is 5.78 Å². The summed E-state index contributed by atoms with van der Waals surface area (Å²) >= 11 is 0. The van der Waals surface area contributed by atoms with Crippen LogP contribution in [-0.4, -0.2) is 17.2 Å². The molecule has 0 radical (unpaired) electrons. The molecule has 1 amide bonds. The minimum absolute atomic E-state index is 0.0380. The van der Waals surface area contributed by atoms with Gasteiger partial charge in [0.1, 0.15) is 0 Å². The van der Waals surface area contributed by atoms with Gasteiger partial charge in [-0.2, -0.15) is 0 Å². The Morgan fingerprint density at radius 2 is 1.88 bits per heavy atom. The number of nitrogens with one attached hydrogen (secondary N) is 1. The lowest BCUT2D eigenvalue weighted by Gasteiger charge is -2.55. The van der Waals surface area contributed by atoms with Gasteiger partial charge in [-0.1, -0.05) is 31.1 Å². The molecule has 1 saturated heterocycles. The highest BCUT2D eigenvalue weighted by Crippen LogP contribution is 2.66. The summed E-state index contributed by atoms with van der Waals surface area (Å²) in [5.74, 6) is 1.90. The normalized spacial score (nSPS) is 48.4. The smallest absolute Gasteiger partial charge is 0.220 e. The van der Waals surface area contributed by atoms with Gasteiger partial charge in [-0.15, -0.1) is 0 Å². The highest BCUT2D eigenvalue weighted by atomic mass is 16.2. The predicted molar refractivity (Wildman–Crippen MR) is 96.8 cm³/mol. The third kappa shape index (κ3) is 1.88. The Morgan fingerprint density at radius 1 is 1.04 bits per heavy atom. The van der Waals surface area contributed by atoms with E-state index in [2.05, 4.69) is 25.2 Å². The fraction of sp³-hybridized carbons (Fsp3) is 0.727. The number of hydrogen-bond donors (Lipinski definition) is 1. The molecule has 5 rings (SSSR count). The van der Waals surface area contributed by atoms with Crippen LogP contribution in [0.2, 0.25) is 0 Å². The highest BCUT2D eigenvalue weighted by Gasteiger charge is 2.63. The molecule has 0 aromatic heterocycles. The van der Waals surface area contributed by atoms with Crippen LogP contribution in [-0.2, 0) is 9.59 Å². The summed E-state index contributed by atoms with van der Waals surface area (Å²) in [6.07, 6.45) is 13.6. The number of allylic oxidation sites excluding steroid dienone is 4. The maximum Gasteiger partial charge on any atom is 0.220 e. The van der Waals surface area contributed by atoms with Gasteiger partial charge in [0.05, 0.1) is 0 Å². The maximum atomic E-state index is 12.0. The summed E-state index contributed by atoms with van der Waals surface area (Å²) in [6.45, 7) is 4.83. The molecule has 3 heteroatoms. The lowest BCUT2D eigenvalue weighted by Crippen LogP contribution is -2.55. The van der Waals surface area contributed by atoms with Crippen LogP contribution >= 0.6 is 0 Å². The van der Waals surface area contributed by atoms with Gasteiger partial charge in [0, 0.05) is 23.8 Å². The average molecular weight is 339 g/mol. The zero-order valence-corrected chi connectivity index (χ0v) is 15.5. The lowest BCUT2D eigenvalue weighted by atomic mass is 9.50. The van der Waals surface area contributed by atoms with Gasteiger partial charge in [0.2, 0.25) is 5.91 Å². The minimum Gasteiger partial charge on any atom is -0.350 e. The van der Waals surface area contributed by atoms with Crippen LogP contribution < -0.4 is 5.32 Å². The average Bonchev–Trinajstić information content (AvgIpc) is 3.10. The van der Waals surface area contributed by atoms with Gasteiger partial charge in [-0.05, 0) is 68.3 Å². The predicted octanol–water partition coefficient (Wildman–Crippen LogP) is 4.09. The molecule has 134 valence electrons. The van der Waals surface area contributed by atoms with Crippen molar-refractivity contribution in [1.29, 1.82) is 0 Å². The van der Waals surface area contributed by atoms with Crippen LogP contribution in [0.15, 0.2) is 23.3 Å². The molecule has 2 saturated carbocycles. The van der Waals surface area contributed by atoms with Gasteiger partial charge < -0.3 is 5.32 Å². The Hall–Kier alpha value is -1.38. The summed E-state index contributed by atoms with van der Waals surface area (Å²) < 4.78 is 0. The van der Waals surface area contributed by atoms with Crippen molar-refractivity contribution in [3.63, 3.8) is 0 Å². The fourth-order valence-corrected chi connectivity index (χ4v) is 7.32. The first kappa shape index (κ1) is 15.8. The number of amides is 1. The molecule has 0 aromatic carbocycles. The molecular formula is C22H29NO2. The quantitative estimate of drug-likeness (QED) is 0.676. The molecule has 1 spiro atoms. The van der Waals surface area contributed by atoms with E-state index < -0.39 is 0 Å². The van der Waals surface area contributed by atoms with Crippen LogP contribution in [0.4, 0.5) is 0 Å². The Kier molecular flexibility index (Phi) is 3.08. The summed E-state index contributed by atoms with van der Waals surface area (Å²) in [7, 11) is 0. The molecule has 5 aliphatic rings. The lowest BCUT2D eigenvalue weighted by molar-refractivity contribution is -0.120. The van der Waals surface area contributed by atoms with E-state index in [0.29, 0.717) is 30.5 Å². The number of fused-ring (bicyclic) bond motifs is 6. The molecule has 1 heterocycles. The topological polar surface area (TPSA) is 46.2 Å². The number of hydrogen-bond acceptors (Lipinski definition) is 2.